The summed E-state index contributed by atoms with van der Waals surface area (Å²) < 4.78 is 5.65. The highest BCUT2D eigenvalue weighted by molar-refractivity contribution is 6.30. The summed E-state index contributed by atoms with van der Waals surface area (Å²) in [4.78, 5) is 29.4. The highest BCUT2D eigenvalue weighted by Gasteiger charge is 2.33. The van der Waals surface area contributed by atoms with Gasteiger partial charge in [0.25, 0.3) is 0 Å². The Balaban J connectivity index is 1.38. The minimum Gasteiger partial charge on any atom is -0.490 e. The number of amides is 3. The van der Waals surface area contributed by atoms with Gasteiger partial charge < -0.3 is 15.0 Å². The van der Waals surface area contributed by atoms with E-state index in [9.17, 15) is 9.59 Å². The number of ether oxygens (including phenoxy) is 1. The van der Waals surface area contributed by atoms with Crippen molar-refractivity contribution in [2.24, 2.45) is 5.92 Å². The van der Waals surface area contributed by atoms with Gasteiger partial charge in [-0.25, -0.2) is 4.79 Å². The number of fused-ring (bicyclic) bond motifs is 1. The van der Waals surface area contributed by atoms with E-state index < -0.39 is 0 Å². The number of halogens is 1. The second-order valence-corrected chi connectivity index (χ2v) is 7.82. The van der Waals surface area contributed by atoms with Crippen LogP contribution in [0.4, 0.5) is 10.5 Å². The van der Waals surface area contributed by atoms with Gasteiger partial charge in [0.2, 0.25) is 5.91 Å². The van der Waals surface area contributed by atoms with Gasteiger partial charge in [-0.05, 0) is 42.7 Å². The van der Waals surface area contributed by atoms with Gasteiger partial charge in [0, 0.05) is 24.7 Å². The number of para-hydroxylation sites is 2. The largest absolute Gasteiger partial charge is 0.490 e. The van der Waals surface area contributed by atoms with Gasteiger partial charge in [-0.15, -0.1) is 0 Å². The van der Waals surface area contributed by atoms with Crippen LogP contribution < -0.4 is 15.0 Å². The van der Waals surface area contributed by atoms with Crippen LogP contribution in [0.1, 0.15) is 18.4 Å². The Hall–Kier alpha value is -2.73. The first-order valence-corrected chi connectivity index (χ1v) is 10.3. The van der Waals surface area contributed by atoms with E-state index in [4.69, 9.17) is 16.3 Å². The van der Waals surface area contributed by atoms with Crippen molar-refractivity contribution >= 4 is 29.2 Å². The number of carbonyl (C=O) groups excluding carboxylic acids is 2. The van der Waals surface area contributed by atoms with E-state index in [1.165, 1.54) is 0 Å². The van der Waals surface area contributed by atoms with Crippen molar-refractivity contribution in [2.45, 2.75) is 19.4 Å². The molecule has 1 N–H and O–H groups in total. The lowest BCUT2D eigenvalue weighted by atomic mass is 9.97. The van der Waals surface area contributed by atoms with Gasteiger partial charge in [-0.1, -0.05) is 35.9 Å². The molecule has 0 radical (unpaired) electrons. The highest BCUT2D eigenvalue weighted by atomic mass is 35.5. The van der Waals surface area contributed by atoms with E-state index in [2.05, 4.69) is 5.32 Å². The molecule has 0 aliphatic carbocycles. The summed E-state index contributed by atoms with van der Waals surface area (Å²) in [5.74, 6) is 0.493. The Kier molecular flexibility index (Phi) is 5.90. The topological polar surface area (TPSA) is 61.9 Å². The zero-order chi connectivity index (χ0) is 20.2. The molecule has 0 aromatic heterocycles. The van der Waals surface area contributed by atoms with Crippen molar-refractivity contribution in [2.75, 3.05) is 31.1 Å². The van der Waals surface area contributed by atoms with Gasteiger partial charge >= 0.3 is 6.03 Å². The zero-order valence-corrected chi connectivity index (χ0v) is 16.9. The van der Waals surface area contributed by atoms with Crippen molar-refractivity contribution in [1.29, 1.82) is 0 Å². The minimum atomic E-state index is -0.205. The normalized spacial score (nSPS) is 18.6. The van der Waals surface area contributed by atoms with E-state index in [1.807, 2.05) is 42.5 Å². The number of hydrogen-bond acceptors (Lipinski definition) is 3. The third-order valence-corrected chi connectivity index (χ3v) is 5.61. The average Bonchev–Trinajstić information content (AvgIpc) is 2.76. The highest BCUT2D eigenvalue weighted by Crippen LogP contribution is 2.32. The summed E-state index contributed by atoms with van der Waals surface area (Å²) >= 11 is 6.00. The molecule has 0 bridgehead atoms. The molecule has 1 fully saturated rings. The maximum atomic E-state index is 13.2. The molecule has 6 nitrogen and oxygen atoms in total. The van der Waals surface area contributed by atoms with Crippen molar-refractivity contribution in [3.8, 4) is 5.75 Å². The Morgan fingerprint density at radius 3 is 2.86 bits per heavy atom. The smallest absolute Gasteiger partial charge is 0.324 e. The molecule has 0 unspecified atom stereocenters. The van der Waals surface area contributed by atoms with Crippen molar-refractivity contribution in [3.63, 3.8) is 0 Å². The monoisotopic (exact) mass is 413 g/mol. The molecule has 2 aromatic rings. The third-order valence-electron chi connectivity index (χ3n) is 5.38. The summed E-state index contributed by atoms with van der Waals surface area (Å²) in [6.07, 6.45) is 1.60. The van der Waals surface area contributed by atoms with E-state index in [0.717, 1.165) is 29.8 Å². The van der Waals surface area contributed by atoms with E-state index >= 15 is 0 Å². The Morgan fingerprint density at radius 1 is 1.14 bits per heavy atom. The lowest BCUT2D eigenvalue weighted by molar-refractivity contribution is -0.126. The van der Waals surface area contributed by atoms with E-state index in [1.54, 1.807) is 15.9 Å². The first-order chi connectivity index (χ1) is 14.1. The van der Waals surface area contributed by atoms with Crippen molar-refractivity contribution in [3.05, 3.63) is 59.1 Å². The van der Waals surface area contributed by atoms with Crippen LogP contribution in [0.2, 0.25) is 5.02 Å². The van der Waals surface area contributed by atoms with Crippen LogP contribution in [-0.4, -0.2) is 43.1 Å². The zero-order valence-electron chi connectivity index (χ0n) is 16.1. The van der Waals surface area contributed by atoms with Crippen LogP contribution in [0.15, 0.2) is 48.5 Å². The van der Waals surface area contributed by atoms with Crippen LogP contribution in [0.25, 0.3) is 0 Å². The number of hydrogen-bond donors (Lipinski definition) is 1. The molecule has 1 atom stereocenters. The predicted octanol–water partition coefficient (Wildman–Crippen LogP) is 3.69. The molecule has 2 aliphatic heterocycles. The molecule has 29 heavy (non-hydrogen) atoms. The summed E-state index contributed by atoms with van der Waals surface area (Å²) in [5.41, 5.74) is 1.75. The molecule has 3 amide bonds. The molecule has 2 aromatic carbocycles. The Morgan fingerprint density at radius 2 is 2.00 bits per heavy atom. The number of nitrogens with one attached hydrogen (secondary N) is 1. The number of urea groups is 1. The van der Waals surface area contributed by atoms with Gasteiger partial charge in [0.15, 0.2) is 0 Å². The fourth-order valence-corrected chi connectivity index (χ4v) is 4.10. The van der Waals surface area contributed by atoms with Crippen molar-refractivity contribution in [1.82, 2.24) is 10.2 Å². The van der Waals surface area contributed by atoms with E-state index in [-0.39, 0.29) is 17.9 Å². The van der Waals surface area contributed by atoms with Gasteiger partial charge in [-0.3, -0.25) is 9.69 Å². The van der Waals surface area contributed by atoms with Crippen LogP contribution in [0, 0.1) is 5.92 Å². The van der Waals surface area contributed by atoms with Crippen molar-refractivity contribution < 1.29 is 14.3 Å². The molecule has 1 saturated heterocycles. The molecular formula is C22H24ClN3O3. The second kappa shape index (κ2) is 8.74. The molecule has 2 heterocycles. The molecule has 0 saturated carbocycles. The summed E-state index contributed by atoms with van der Waals surface area (Å²) in [7, 11) is 0. The number of benzene rings is 2. The van der Waals surface area contributed by atoms with Crippen LogP contribution in [0.5, 0.6) is 5.75 Å². The number of likely N-dealkylation sites (tertiary alicyclic amines) is 1. The second-order valence-electron chi connectivity index (χ2n) is 7.38. The minimum absolute atomic E-state index is 0.0233. The van der Waals surface area contributed by atoms with Crippen LogP contribution in [0.3, 0.4) is 0 Å². The first kappa shape index (κ1) is 19.6. The number of nitrogens with zero attached hydrogens (tertiary/aromatic N) is 2. The predicted molar refractivity (Wildman–Crippen MR) is 112 cm³/mol. The Bertz CT molecular complexity index is 904. The number of anilines is 1. The van der Waals surface area contributed by atoms with E-state index in [0.29, 0.717) is 37.8 Å². The lowest BCUT2D eigenvalue weighted by Gasteiger charge is -2.37. The molecular weight excluding hydrogens is 390 g/mol. The first-order valence-electron chi connectivity index (χ1n) is 9.92. The van der Waals surface area contributed by atoms with Gasteiger partial charge in [-0.2, -0.15) is 0 Å². The maximum Gasteiger partial charge on any atom is 0.324 e. The lowest BCUT2D eigenvalue weighted by Crippen LogP contribution is -2.52. The van der Waals surface area contributed by atoms with Crippen LogP contribution >= 0.6 is 11.6 Å². The molecule has 4 rings (SSSR count). The number of rotatable bonds is 3. The quantitative estimate of drug-likeness (QED) is 0.834. The Labute approximate surface area is 175 Å². The fourth-order valence-electron chi connectivity index (χ4n) is 3.88. The molecule has 0 spiro atoms. The molecule has 152 valence electrons. The maximum absolute atomic E-state index is 13.2. The number of carbonyl (C=O) groups is 2. The third kappa shape index (κ3) is 4.48. The number of piperidine rings is 1. The average molecular weight is 414 g/mol. The summed E-state index contributed by atoms with van der Waals surface area (Å²) in [6, 6.07) is 14.9. The van der Waals surface area contributed by atoms with Gasteiger partial charge in [0.1, 0.15) is 12.4 Å². The fraction of sp³-hybridized carbons (Fsp3) is 0.364. The van der Waals surface area contributed by atoms with Crippen LogP contribution in [-0.2, 0) is 11.3 Å². The SMILES string of the molecule is O=C(NCc1cccc(Cl)c1)[C@H]1CCCN(C(=O)N2CCOc3ccccc32)C1. The van der Waals surface area contributed by atoms with Gasteiger partial charge in [0.05, 0.1) is 18.2 Å². The summed E-state index contributed by atoms with van der Waals surface area (Å²) in [5, 5.41) is 3.63. The summed E-state index contributed by atoms with van der Waals surface area (Å²) in [6.45, 7) is 2.51. The molecule has 2 aliphatic rings. The standard InChI is InChI=1S/C22H24ClN3O3/c23-18-7-3-5-16(13-18)14-24-21(27)17-6-4-10-25(15-17)22(28)26-11-12-29-20-9-2-1-8-19(20)26/h1-3,5,7-9,13,17H,4,6,10-12,14-15H2,(H,24,27)/t17-/m0/s1. The molecule has 7 heteroatoms.